The first-order chi connectivity index (χ1) is 25.4. The summed E-state index contributed by atoms with van der Waals surface area (Å²) in [6.07, 6.45) is 32.9. The lowest BCUT2D eigenvalue weighted by Crippen LogP contribution is -2.47. The molecule has 0 N–H and O–H groups in total. The van der Waals surface area contributed by atoms with Crippen molar-refractivity contribution in [3.63, 3.8) is 0 Å². The Bertz CT molecular complexity index is 1060. The average Bonchev–Trinajstić information content (AvgIpc) is 3.16. The quantitative estimate of drug-likeness (QED) is 0.0447. The van der Waals surface area contributed by atoms with Crippen molar-refractivity contribution in [1.29, 1.82) is 0 Å². The van der Waals surface area contributed by atoms with Gasteiger partial charge in [-0.15, -0.1) is 0 Å². The smallest absolute Gasteiger partial charge is 0.309 e. The SMILES string of the molecule is CCCCC/C=C\C/C=C\CCCCCCCC(=O)OCC(COC(=O)C1CCN(C2CCN(C)CC2)CC1)COC(=O)C1CC2CCCC(C2)C1. The first-order valence-corrected chi connectivity index (χ1v) is 21.6. The van der Waals surface area contributed by atoms with Gasteiger partial charge in [-0.05, 0) is 129 Å². The van der Waals surface area contributed by atoms with Crippen LogP contribution in [0.15, 0.2) is 24.3 Å². The topological polar surface area (TPSA) is 85.4 Å². The van der Waals surface area contributed by atoms with E-state index in [4.69, 9.17) is 14.2 Å². The number of fused-ring (bicyclic) bond motifs is 2. The second-order valence-electron chi connectivity index (χ2n) is 16.7. The molecule has 0 radical (unpaired) electrons. The first kappa shape index (κ1) is 42.6. The molecule has 296 valence electrons. The monoisotopic (exact) mass is 727 g/mol. The molecular weight excluding hydrogens is 652 g/mol. The van der Waals surface area contributed by atoms with Crippen molar-refractivity contribution >= 4 is 17.9 Å². The summed E-state index contributed by atoms with van der Waals surface area (Å²) >= 11 is 0. The van der Waals surface area contributed by atoms with Gasteiger partial charge in [-0.2, -0.15) is 0 Å². The highest BCUT2D eigenvalue weighted by Gasteiger charge is 2.36. The maximum Gasteiger partial charge on any atom is 0.309 e. The van der Waals surface area contributed by atoms with Crippen LogP contribution >= 0.6 is 0 Å². The number of piperidine rings is 2. The van der Waals surface area contributed by atoms with Crippen LogP contribution in [0.5, 0.6) is 0 Å². The lowest BCUT2D eigenvalue weighted by Gasteiger charge is -2.40. The van der Waals surface area contributed by atoms with E-state index in [9.17, 15) is 14.4 Å². The van der Waals surface area contributed by atoms with E-state index in [1.807, 2.05) is 0 Å². The zero-order valence-corrected chi connectivity index (χ0v) is 33.1. The molecule has 3 atom stereocenters. The third kappa shape index (κ3) is 16.4. The van der Waals surface area contributed by atoms with Crippen LogP contribution in [0.1, 0.15) is 148 Å². The van der Waals surface area contributed by atoms with Crippen molar-refractivity contribution in [2.45, 2.75) is 154 Å². The van der Waals surface area contributed by atoms with Gasteiger partial charge in [0.25, 0.3) is 0 Å². The second kappa shape index (κ2) is 25.0. The third-order valence-electron chi connectivity index (χ3n) is 12.3. The number of hydrogen-bond acceptors (Lipinski definition) is 8. The molecule has 8 nitrogen and oxygen atoms in total. The van der Waals surface area contributed by atoms with E-state index < -0.39 is 0 Å². The van der Waals surface area contributed by atoms with E-state index in [0.717, 1.165) is 84.0 Å². The summed E-state index contributed by atoms with van der Waals surface area (Å²) in [4.78, 5) is 44.0. The molecule has 2 bridgehead atoms. The van der Waals surface area contributed by atoms with Crippen molar-refractivity contribution in [3.05, 3.63) is 24.3 Å². The number of carbonyl (C=O) groups is 3. The van der Waals surface area contributed by atoms with Crippen molar-refractivity contribution < 1.29 is 28.6 Å². The number of ether oxygens (including phenoxy) is 3. The van der Waals surface area contributed by atoms with Gasteiger partial charge in [-0.25, -0.2) is 0 Å². The summed E-state index contributed by atoms with van der Waals surface area (Å²) in [6, 6.07) is 0.621. The summed E-state index contributed by atoms with van der Waals surface area (Å²) in [5, 5.41) is 0. The van der Waals surface area contributed by atoms with Crippen LogP contribution in [0.4, 0.5) is 0 Å². The lowest BCUT2D eigenvalue weighted by atomic mass is 9.68. The number of nitrogens with zero attached hydrogens (tertiary/aromatic N) is 2. The normalized spacial score (nSPS) is 24.3. The summed E-state index contributed by atoms with van der Waals surface area (Å²) in [5.74, 6) is 0.252. The Hall–Kier alpha value is -2.19. The standard InChI is InChI=1S/C44H74N2O6/c1-3-4-5-6-7-8-9-10-11-12-13-14-15-16-17-21-42(47)50-33-38(35-52-44(49)40-31-36-19-18-20-37(30-36)32-40)34-51-43(48)39-22-28-46(29-23-39)41-24-26-45(2)27-25-41/h7-8,10-11,36-41H,3-6,9,12-35H2,1-2H3/b8-7-,11-10-. The largest absolute Gasteiger partial charge is 0.465 e. The summed E-state index contributed by atoms with van der Waals surface area (Å²) in [6.45, 7) is 6.71. The number of likely N-dealkylation sites (tertiary alicyclic amines) is 2. The minimum absolute atomic E-state index is 0.0390. The molecule has 2 saturated heterocycles. The fourth-order valence-corrected chi connectivity index (χ4v) is 8.93. The minimum Gasteiger partial charge on any atom is -0.465 e. The zero-order valence-electron chi connectivity index (χ0n) is 33.1. The molecule has 3 unspecified atom stereocenters. The van der Waals surface area contributed by atoms with Gasteiger partial charge < -0.3 is 24.0 Å². The number of rotatable bonds is 23. The van der Waals surface area contributed by atoms with Crippen molar-refractivity contribution in [2.24, 2.45) is 29.6 Å². The van der Waals surface area contributed by atoms with Crippen LogP contribution in [0.25, 0.3) is 0 Å². The van der Waals surface area contributed by atoms with E-state index in [1.54, 1.807) is 0 Å². The van der Waals surface area contributed by atoms with E-state index in [1.165, 1.54) is 77.0 Å². The van der Waals surface area contributed by atoms with Gasteiger partial charge in [-0.3, -0.25) is 14.4 Å². The van der Waals surface area contributed by atoms with E-state index in [2.05, 4.69) is 48.1 Å². The Morgan fingerprint density at radius 1 is 0.635 bits per heavy atom. The Morgan fingerprint density at radius 3 is 1.87 bits per heavy atom. The number of unbranched alkanes of at least 4 members (excludes halogenated alkanes) is 8. The number of allylic oxidation sites excluding steroid dienone is 4. The summed E-state index contributed by atoms with van der Waals surface area (Å²) in [7, 11) is 2.19. The maximum atomic E-state index is 13.2. The van der Waals surface area contributed by atoms with Gasteiger partial charge in [0, 0.05) is 12.5 Å². The summed E-state index contributed by atoms with van der Waals surface area (Å²) in [5.41, 5.74) is 0. The molecule has 2 heterocycles. The van der Waals surface area contributed by atoms with E-state index >= 15 is 0 Å². The predicted octanol–water partition coefficient (Wildman–Crippen LogP) is 9.07. The van der Waals surface area contributed by atoms with Gasteiger partial charge in [0.2, 0.25) is 0 Å². The molecule has 2 aliphatic heterocycles. The fourth-order valence-electron chi connectivity index (χ4n) is 8.93. The van der Waals surface area contributed by atoms with Gasteiger partial charge in [-0.1, -0.05) is 82.6 Å². The molecule has 4 fully saturated rings. The maximum absolute atomic E-state index is 13.2. The molecule has 4 rings (SSSR count). The Balaban J connectivity index is 1.12. The lowest BCUT2D eigenvalue weighted by molar-refractivity contribution is -0.159. The molecule has 2 saturated carbocycles. The molecule has 4 aliphatic rings. The Labute approximate surface area is 316 Å². The molecule has 52 heavy (non-hydrogen) atoms. The van der Waals surface area contributed by atoms with Gasteiger partial charge in [0.15, 0.2) is 0 Å². The number of hydrogen-bond donors (Lipinski definition) is 0. The van der Waals surface area contributed by atoms with Crippen molar-refractivity contribution in [1.82, 2.24) is 9.80 Å². The summed E-state index contributed by atoms with van der Waals surface area (Å²) < 4.78 is 17.4. The van der Waals surface area contributed by atoms with Crippen LogP contribution in [0, 0.1) is 29.6 Å². The van der Waals surface area contributed by atoms with E-state index in [0.29, 0.717) is 24.3 Å². The molecule has 0 amide bonds. The second-order valence-corrected chi connectivity index (χ2v) is 16.7. The molecule has 0 aromatic heterocycles. The molecule has 8 heteroatoms. The van der Waals surface area contributed by atoms with Gasteiger partial charge in [0.05, 0.1) is 17.8 Å². The molecule has 2 aliphatic carbocycles. The Morgan fingerprint density at radius 2 is 1.21 bits per heavy atom. The Kier molecular flexibility index (Phi) is 20.5. The van der Waals surface area contributed by atoms with E-state index in [-0.39, 0.29) is 55.5 Å². The van der Waals surface area contributed by atoms with Crippen LogP contribution in [0.3, 0.4) is 0 Å². The van der Waals surface area contributed by atoms with Gasteiger partial charge >= 0.3 is 17.9 Å². The molecule has 0 spiro atoms. The van der Waals surface area contributed by atoms with Crippen LogP contribution in [-0.2, 0) is 28.6 Å². The highest BCUT2D eigenvalue weighted by molar-refractivity contribution is 5.73. The highest BCUT2D eigenvalue weighted by Crippen LogP contribution is 2.43. The third-order valence-corrected chi connectivity index (χ3v) is 12.3. The first-order valence-electron chi connectivity index (χ1n) is 21.6. The highest BCUT2D eigenvalue weighted by atomic mass is 16.6. The van der Waals surface area contributed by atoms with Crippen LogP contribution in [-0.4, -0.2) is 86.8 Å². The minimum atomic E-state index is -0.358. The van der Waals surface area contributed by atoms with Crippen LogP contribution < -0.4 is 0 Å². The zero-order chi connectivity index (χ0) is 36.8. The molecule has 0 aromatic carbocycles. The fraction of sp³-hybridized carbons (Fsp3) is 0.841. The molecular formula is C44H74N2O6. The molecule has 0 aromatic rings. The van der Waals surface area contributed by atoms with Gasteiger partial charge in [0.1, 0.15) is 19.8 Å². The number of esters is 3. The number of carbonyl (C=O) groups excluding carboxylic acids is 3. The van der Waals surface area contributed by atoms with Crippen LogP contribution in [0.2, 0.25) is 0 Å². The van der Waals surface area contributed by atoms with Crippen molar-refractivity contribution in [3.8, 4) is 0 Å². The predicted molar refractivity (Wildman–Crippen MR) is 209 cm³/mol. The van der Waals surface area contributed by atoms with Crippen molar-refractivity contribution in [2.75, 3.05) is 53.0 Å². The average molecular weight is 727 g/mol.